The Bertz CT molecular complexity index is 1020. The number of nitrogens with two attached hydrogens (primary N) is 1. The number of fused-ring (bicyclic) bond motifs is 1. The molecule has 28 heavy (non-hydrogen) atoms. The predicted octanol–water partition coefficient (Wildman–Crippen LogP) is 4.31. The molecule has 2 amide bonds. The van der Waals surface area contributed by atoms with Gasteiger partial charge in [-0.15, -0.1) is 0 Å². The summed E-state index contributed by atoms with van der Waals surface area (Å²) < 4.78 is 0. The number of para-hydroxylation sites is 1. The Morgan fingerprint density at radius 3 is 2.43 bits per heavy atom. The molecular formula is C21H20ClN3O2S. The molecule has 0 bridgehead atoms. The monoisotopic (exact) mass is 413 g/mol. The summed E-state index contributed by atoms with van der Waals surface area (Å²) in [7, 11) is 0. The fraction of sp³-hybridized carbons (Fsp3) is 0.238. The van der Waals surface area contributed by atoms with Gasteiger partial charge in [-0.25, -0.2) is 0 Å². The van der Waals surface area contributed by atoms with E-state index in [0.29, 0.717) is 36.6 Å². The lowest BCUT2D eigenvalue weighted by Crippen LogP contribution is -2.42. The second kappa shape index (κ2) is 7.89. The molecule has 0 spiro atoms. The van der Waals surface area contributed by atoms with E-state index in [4.69, 9.17) is 17.3 Å². The molecule has 1 aliphatic heterocycles. The Morgan fingerprint density at radius 1 is 1.07 bits per heavy atom. The molecule has 1 fully saturated rings. The largest absolute Gasteiger partial charge is 0.369 e. The zero-order valence-corrected chi connectivity index (χ0v) is 16.7. The van der Waals surface area contributed by atoms with Crippen molar-refractivity contribution >= 4 is 46.1 Å². The van der Waals surface area contributed by atoms with Crippen molar-refractivity contribution in [2.45, 2.75) is 22.6 Å². The Morgan fingerprint density at radius 2 is 1.75 bits per heavy atom. The second-order valence-corrected chi connectivity index (χ2v) is 8.42. The third kappa shape index (κ3) is 3.75. The van der Waals surface area contributed by atoms with Crippen molar-refractivity contribution in [3.8, 4) is 0 Å². The SMILES string of the molecule is NC(=O)C1CCN(C(=O)c2[nH]c3ccccc3c2Sc2ccc(Cl)cc2)CC1. The molecule has 0 radical (unpaired) electrons. The quantitative estimate of drug-likeness (QED) is 0.668. The Labute approximate surface area is 172 Å². The van der Waals surface area contributed by atoms with Crippen LogP contribution in [0.4, 0.5) is 0 Å². The van der Waals surface area contributed by atoms with Gasteiger partial charge < -0.3 is 15.6 Å². The highest BCUT2D eigenvalue weighted by atomic mass is 35.5. The van der Waals surface area contributed by atoms with Crippen LogP contribution in [0.1, 0.15) is 23.3 Å². The van der Waals surface area contributed by atoms with E-state index in [1.165, 1.54) is 0 Å². The number of H-pyrrole nitrogens is 1. The molecule has 1 aromatic heterocycles. The van der Waals surface area contributed by atoms with E-state index >= 15 is 0 Å². The number of carbonyl (C=O) groups excluding carboxylic acids is 2. The van der Waals surface area contributed by atoms with Crippen LogP contribution in [0.5, 0.6) is 0 Å². The zero-order chi connectivity index (χ0) is 19.7. The second-order valence-electron chi connectivity index (χ2n) is 6.90. The van der Waals surface area contributed by atoms with Gasteiger partial charge in [-0.1, -0.05) is 41.6 Å². The van der Waals surface area contributed by atoms with E-state index in [0.717, 1.165) is 20.7 Å². The van der Waals surface area contributed by atoms with Crippen LogP contribution < -0.4 is 5.73 Å². The number of halogens is 1. The van der Waals surface area contributed by atoms with E-state index < -0.39 is 0 Å². The number of amides is 2. The Kier molecular flexibility index (Phi) is 5.33. The van der Waals surface area contributed by atoms with Gasteiger partial charge in [0.1, 0.15) is 5.69 Å². The van der Waals surface area contributed by atoms with Crippen molar-refractivity contribution in [3.63, 3.8) is 0 Å². The first-order valence-electron chi connectivity index (χ1n) is 9.15. The van der Waals surface area contributed by atoms with Crippen LogP contribution in [-0.4, -0.2) is 34.8 Å². The molecule has 0 unspecified atom stereocenters. The number of aromatic nitrogens is 1. The highest BCUT2D eigenvalue weighted by Crippen LogP contribution is 2.38. The average Bonchev–Trinajstić information content (AvgIpc) is 3.07. The summed E-state index contributed by atoms with van der Waals surface area (Å²) in [6.07, 6.45) is 1.22. The zero-order valence-electron chi connectivity index (χ0n) is 15.2. The summed E-state index contributed by atoms with van der Waals surface area (Å²) in [6, 6.07) is 15.5. The lowest BCUT2D eigenvalue weighted by molar-refractivity contribution is -0.123. The molecule has 4 rings (SSSR count). The highest BCUT2D eigenvalue weighted by Gasteiger charge is 2.29. The van der Waals surface area contributed by atoms with Crippen molar-refractivity contribution in [2.24, 2.45) is 11.7 Å². The molecule has 0 aliphatic carbocycles. The minimum absolute atomic E-state index is 0.0458. The highest BCUT2D eigenvalue weighted by molar-refractivity contribution is 7.99. The van der Waals surface area contributed by atoms with Crippen molar-refractivity contribution in [1.29, 1.82) is 0 Å². The molecule has 3 aromatic rings. The number of hydrogen-bond donors (Lipinski definition) is 2. The van der Waals surface area contributed by atoms with Crippen LogP contribution in [0.3, 0.4) is 0 Å². The first kappa shape index (κ1) is 18.9. The third-order valence-electron chi connectivity index (χ3n) is 5.09. The van der Waals surface area contributed by atoms with E-state index in [2.05, 4.69) is 4.98 Å². The fourth-order valence-corrected chi connectivity index (χ4v) is 4.68. The van der Waals surface area contributed by atoms with E-state index in [1.54, 1.807) is 16.7 Å². The first-order chi connectivity index (χ1) is 13.5. The molecule has 1 aliphatic rings. The molecule has 3 N–H and O–H groups in total. The lowest BCUT2D eigenvalue weighted by atomic mass is 9.96. The smallest absolute Gasteiger partial charge is 0.271 e. The maximum atomic E-state index is 13.3. The number of likely N-dealkylation sites (tertiary alicyclic amines) is 1. The molecule has 0 atom stereocenters. The van der Waals surface area contributed by atoms with Crippen molar-refractivity contribution in [2.75, 3.05) is 13.1 Å². The van der Waals surface area contributed by atoms with Crippen LogP contribution in [0.25, 0.3) is 10.9 Å². The van der Waals surface area contributed by atoms with Crippen LogP contribution in [0.15, 0.2) is 58.3 Å². The molecule has 2 aromatic carbocycles. The van der Waals surface area contributed by atoms with Crippen molar-refractivity contribution in [1.82, 2.24) is 9.88 Å². The molecule has 2 heterocycles. The van der Waals surface area contributed by atoms with Gasteiger partial charge >= 0.3 is 0 Å². The molecule has 7 heteroatoms. The number of benzene rings is 2. The summed E-state index contributed by atoms with van der Waals surface area (Å²) in [4.78, 5) is 31.7. The van der Waals surface area contributed by atoms with Gasteiger partial charge in [-0.2, -0.15) is 0 Å². The molecular weight excluding hydrogens is 394 g/mol. The van der Waals surface area contributed by atoms with E-state index in [-0.39, 0.29) is 17.7 Å². The van der Waals surface area contributed by atoms with Gasteiger partial charge in [0.2, 0.25) is 5.91 Å². The maximum Gasteiger partial charge on any atom is 0.271 e. The summed E-state index contributed by atoms with van der Waals surface area (Å²) in [5, 5.41) is 1.69. The Balaban J connectivity index is 1.65. The summed E-state index contributed by atoms with van der Waals surface area (Å²) in [5.74, 6) is -0.470. The molecule has 144 valence electrons. The molecule has 5 nitrogen and oxygen atoms in total. The molecule has 0 saturated carbocycles. The van der Waals surface area contributed by atoms with Crippen molar-refractivity contribution in [3.05, 3.63) is 59.2 Å². The number of nitrogens with zero attached hydrogens (tertiary/aromatic N) is 1. The average molecular weight is 414 g/mol. The first-order valence-corrected chi connectivity index (χ1v) is 10.3. The van der Waals surface area contributed by atoms with Gasteiger partial charge in [-0.05, 0) is 43.2 Å². The van der Waals surface area contributed by atoms with Gasteiger partial charge in [0.25, 0.3) is 5.91 Å². The predicted molar refractivity (Wildman–Crippen MR) is 112 cm³/mol. The number of rotatable bonds is 4. The third-order valence-corrected chi connectivity index (χ3v) is 6.48. The minimum atomic E-state index is -0.281. The van der Waals surface area contributed by atoms with E-state index in [9.17, 15) is 9.59 Å². The lowest BCUT2D eigenvalue weighted by Gasteiger charge is -2.30. The number of primary amides is 1. The summed E-state index contributed by atoms with van der Waals surface area (Å²) >= 11 is 7.54. The van der Waals surface area contributed by atoms with Gasteiger partial charge in [0.15, 0.2) is 0 Å². The van der Waals surface area contributed by atoms with Crippen LogP contribution >= 0.6 is 23.4 Å². The summed E-state index contributed by atoms with van der Waals surface area (Å²) in [5.41, 5.74) is 6.92. The Hall–Kier alpha value is -2.44. The fourth-order valence-electron chi connectivity index (χ4n) is 3.52. The molecule has 1 saturated heterocycles. The number of piperidine rings is 1. The normalized spacial score (nSPS) is 15.1. The van der Waals surface area contributed by atoms with Gasteiger partial charge in [-0.3, -0.25) is 9.59 Å². The van der Waals surface area contributed by atoms with Crippen LogP contribution in [0.2, 0.25) is 5.02 Å². The number of aromatic amines is 1. The topological polar surface area (TPSA) is 79.2 Å². The van der Waals surface area contributed by atoms with Crippen LogP contribution in [-0.2, 0) is 4.79 Å². The number of hydrogen-bond acceptors (Lipinski definition) is 3. The number of carbonyl (C=O) groups is 2. The summed E-state index contributed by atoms with van der Waals surface area (Å²) in [6.45, 7) is 1.07. The maximum absolute atomic E-state index is 13.3. The van der Waals surface area contributed by atoms with Crippen molar-refractivity contribution < 1.29 is 9.59 Å². The standard InChI is InChI=1S/C21H20ClN3O2S/c22-14-5-7-15(8-6-14)28-19-16-3-1-2-4-17(16)24-18(19)21(27)25-11-9-13(10-12-25)20(23)26/h1-8,13,24H,9-12H2,(H2,23,26). The van der Waals surface area contributed by atoms with Gasteiger partial charge in [0.05, 0.1) is 4.90 Å². The van der Waals surface area contributed by atoms with Crippen LogP contribution in [0, 0.1) is 5.92 Å². The van der Waals surface area contributed by atoms with E-state index in [1.807, 2.05) is 48.5 Å². The van der Waals surface area contributed by atoms with Gasteiger partial charge in [0, 0.05) is 39.8 Å². The number of nitrogens with one attached hydrogen (secondary N) is 1. The minimum Gasteiger partial charge on any atom is -0.369 e.